The van der Waals surface area contributed by atoms with Crippen LogP contribution in [0.4, 0.5) is 27.6 Å². The van der Waals surface area contributed by atoms with E-state index in [9.17, 15) is 22.0 Å². The first kappa shape index (κ1) is 17.9. The van der Waals surface area contributed by atoms with Gasteiger partial charge in [-0.25, -0.2) is 13.8 Å². The second-order valence-electron chi connectivity index (χ2n) is 5.76. The van der Waals surface area contributed by atoms with Gasteiger partial charge < -0.3 is 9.64 Å². The molecule has 0 saturated carbocycles. The van der Waals surface area contributed by atoms with E-state index < -0.39 is 29.5 Å². The molecule has 1 aliphatic rings. The fourth-order valence-electron chi connectivity index (χ4n) is 2.75. The third kappa shape index (κ3) is 3.69. The number of rotatable bonds is 3. The zero-order valence-electron chi connectivity index (χ0n) is 13.2. The molecule has 9 heteroatoms. The molecule has 3 rings (SSSR count). The molecule has 2 heterocycles. The van der Waals surface area contributed by atoms with Gasteiger partial charge in [0.1, 0.15) is 11.8 Å². The molecular formula is C17H12F5N3O. The second-order valence-corrected chi connectivity index (χ2v) is 5.76. The zero-order chi connectivity index (χ0) is 18.9. The SMILES string of the molecule is N#Cc1cc(F)c(N2CCC(Oc3ccc(C(F)(F)F)cn3)C2)c(F)c1. The lowest BCUT2D eigenvalue weighted by atomic mass is 10.2. The van der Waals surface area contributed by atoms with Crippen molar-refractivity contribution in [2.45, 2.75) is 18.7 Å². The molecule has 136 valence electrons. The molecule has 1 aliphatic heterocycles. The molecule has 0 bridgehead atoms. The number of benzene rings is 1. The average molecular weight is 369 g/mol. The van der Waals surface area contributed by atoms with E-state index in [0.717, 1.165) is 24.3 Å². The first-order valence-electron chi connectivity index (χ1n) is 7.62. The predicted molar refractivity (Wildman–Crippen MR) is 81.6 cm³/mol. The summed E-state index contributed by atoms with van der Waals surface area (Å²) in [6, 6.07) is 5.53. The first-order valence-corrected chi connectivity index (χ1v) is 7.62. The Hall–Kier alpha value is -2.89. The number of ether oxygens (including phenoxy) is 1. The number of halogens is 5. The van der Waals surface area contributed by atoms with Crippen LogP contribution in [0, 0.1) is 23.0 Å². The van der Waals surface area contributed by atoms with Crippen LogP contribution in [-0.2, 0) is 6.18 Å². The van der Waals surface area contributed by atoms with Crippen LogP contribution in [-0.4, -0.2) is 24.2 Å². The maximum Gasteiger partial charge on any atom is 0.417 e. The van der Waals surface area contributed by atoms with Crippen molar-refractivity contribution < 1.29 is 26.7 Å². The fourth-order valence-corrected chi connectivity index (χ4v) is 2.75. The van der Waals surface area contributed by atoms with E-state index in [1.807, 2.05) is 0 Å². The third-order valence-electron chi connectivity index (χ3n) is 3.96. The fraction of sp³-hybridized carbons (Fsp3) is 0.294. The van der Waals surface area contributed by atoms with Gasteiger partial charge in [0.15, 0.2) is 11.6 Å². The second kappa shape index (κ2) is 6.78. The van der Waals surface area contributed by atoms with Crippen LogP contribution in [0.2, 0.25) is 0 Å². The Morgan fingerprint density at radius 3 is 2.42 bits per heavy atom. The normalized spacial score (nSPS) is 17.2. The molecule has 0 spiro atoms. The molecule has 2 aromatic rings. The number of aromatic nitrogens is 1. The lowest BCUT2D eigenvalue weighted by Gasteiger charge is -2.20. The molecule has 1 unspecified atom stereocenters. The minimum absolute atomic E-state index is 0.00521. The Morgan fingerprint density at radius 1 is 1.19 bits per heavy atom. The molecule has 1 fully saturated rings. The Kier molecular flexibility index (Phi) is 4.68. The number of pyridine rings is 1. The van der Waals surface area contributed by atoms with Gasteiger partial charge in [-0.2, -0.15) is 18.4 Å². The predicted octanol–water partition coefficient (Wildman–Crippen LogP) is 3.91. The molecule has 4 nitrogen and oxygen atoms in total. The summed E-state index contributed by atoms with van der Waals surface area (Å²) in [5, 5.41) is 8.72. The smallest absolute Gasteiger partial charge is 0.417 e. The number of hydrogen-bond donors (Lipinski definition) is 0. The van der Waals surface area contributed by atoms with E-state index in [4.69, 9.17) is 10.00 Å². The number of anilines is 1. The lowest BCUT2D eigenvalue weighted by molar-refractivity contribution is -0.137. The summed E-state index contributed by atoms with van der Waals surface area (Å²) in [6.07, 6.45) is -3.88. The number of nitrogens with zero attached hydrogens (tertiary/aromatic N) is 3. The van der Waals surface area contributed by atoms with Gasteiger partial charge in [0, 0.05) is 25.2 Å². The highest BCUT2D eigenvalue weighted by atomic mass is 19.4. The van der Waals surface area contributed by atoms with E-state index >= 15 is 0 Å². The molecule has 1 aromatic carbocycles. The van der Waals surface area contributed by atoms with Gasteiger partial charge in [-0.05, 0) is 18.2 Å². The van der Waals surface area contributed by atoms with Crippen molar-refractivity contribution in [2.75, 3.05) is 18.0 Å². The summed E-state index contributed by atoms with van der Waals surface area (Å²) in [7, 11) is 0. The highest BCUT2D eigenvalue weighted by molar-refractivity contribution is 5.53. The van der Waals surface area contributed by atoms with Crippen LogP contribution >= 0.6 is 0 Å². The summed E-state index contributed by atoms with van der Waals surface area (Å²) < 4.78 is 71.2. The number of hydrogen-bond acceptors (Lipinski definition) is 4. The first-order chi connectivity index (χ1) is 12.3. The van der Waals surface area contributed by atoms with Crippen molar-refractivity contribution in [3.63, 3.8) is 0 Å². The van der Waals surface area contributed by atoms with E-state index in [1.54, 1.807) is 6.07 Å². The standard InChI is InChI=1S/C17H12F5N3O/c18-13-5-10(7-23)6-14(19)16(13)25-4-3-12(9-25)26-15-2-1-11(8-24-15)17(20,21)22/h1-2,5-6,8,12H,3-4,9H2. The summed E-state index contributed by atoms with van der Waals surface area (Å²) in [4.78, 5) is 5.05. The quantitative estimate of drug-likeness (QED) is 0.770. The minimum atomic E-state index is -4.49. The van der Waals surface area contributed by atoms with Gasteiger partial charge in [-0.1, -0.05) is 0 Å². The monoisotopic (exact) mass is 369 g/mol. The summed E-state index contributed by atoms with van der Waals surface area (Å²) in [5.74, 6) is -1.70. The highest BCUT2D eigenvalue weighted by Gasteiger charge is 2.32. The lowest BCUT2D eigenvalue weighted by Crippen LogP contribution is -2.26. The van der Waals surface area contributed by atoms with Crippen molar-refractivity contribution in [3.05, 3.63) is 53.2 Å². The Bertz CT molecular complexity index is 822. The maximum absolute atomic E-state index is 14.1. The Morgan fingerprint density at radius 2 is 1.88 bits per heavy atom. The van der Waals surface area contributed by atoms with Crippen LogP contribution in [0.25, 0.3) is 0 Å². The van der Waals surface area contributed by atoms with Crippen LogP contribution in [0.5, 0.6) is 5.88 Å². The van der Waals surface area contributed by atoms with Gasteiger partial charge >= 0.3 is 6.18 Å². The maximum atomic E-state index is 14.1. The molecule has 1 aromatic heterocycles. The van der Waals surface area contributed by atoms with Gasteiger partial charge in [0.25, 0.3) is 0 Å². The van der Waals surface area contributed by atoms with E-state index in [0.29, 0.717) is 19.2 Å². The Labute approximate surface area is 145 Å². The van der Waals surface area contributed by atoms with Crippen LogP contribution < -0.4 is 9.64 Å². The van der Waals surface area contributed by atoms with Gasteiger partial charge in [0.2, 0.25) is 5.88 Å². The number of alkyl halides is 3. The molecule has 0 aliphatic carbocycles. The van der Waals surface area contributed by atoms with Crippen molar-refractivity contribution in [3.8, 4) is 11.9 Å². The van der Waals surface area contributed by atoms with Crippen LogP contribution in [0.3, 0.4) is 0 Å². The van der Waals surface area contributed by atoms with Gasteiger partial charge in [-0.15, -0.1) is 0 Å². The van der Waals surface area contributed by atoms with E-state index in [2.05, 4.69) is 4.98 Å². The molecule has 26 heavy (non-hydrogen) atoms. The molecule has 0 radical (unpaired) electrons. The molecule has 0 amide bonds. The minimum Gasteiger partial charge on any atom is -0.472 e. The van der Waals surface area contributed by atoms with Crippen molar-refractivity contribution in [1.29, 1.82) is 5.26 Å². The topological polar surface area (TPSA) is 49.2 Å². The van der Waals surface area contributed by atoms with Gasteiger partial charge in [0.05, 0.1) is 23.7 Å². The summed E-state index contributed by atoms with van der Waals surface area (Å²) in [5.41, 5.74) is -1.26. The van der Waals surface area contributed by atoms with E-state index in [-0.39, 0.29) is 23.7 Å². The van der Waals surface area contributed by atoms with Crippen molar-refractivity contribution >= 4 is 5.69 Å². The molecule has 1 atom stereocenters. The molecular weight excluding hydrogens is 357 g/mol. The number of nitriles is 1. The van der Waals surface area contributed by atoms with Crippen LogP contribution in [0.1, 0.15) is 17.5 Å². The molecule has 1 saturated heterocycles. The van der Waals surface area contributed by atoms with E-state index in [1.165, 1.54) is 4.90 Å². The highest BCUT2D eigenvalue weighted by Crippen LogP contribution is 2.31. The third-order valence-corrected chi connectivity index (χ3v) is 3.96. The average Bonchev–Trinajstić information content (AvgIpc) is 3.01. The zero-order valence-corrected chi connectivity index (χ0v) is 13.2. The summed E-state index contributed by atoms with van der Waals surface area (Å²) in [6.45, 7) is 0.438. The van der Waals surface area contributed by atoms with Crippen molar-refractivity contribution in [2.24, 2.45) is 0 Å². The van der Waals surface area contributed by atoms with Crippen LogP contribution in [0.15, 0.2) is 30.5 Å². The van der Waals surface area contributed by atoms with Gasteiger partial charge in [-0.3, -0.25) is 0 Å². The Balaban J connectivity index is 1.69. The van der Waals surface area contributed by atoms with Crippen molar-refractivity contribution in [1.82, 2.24) is 4.98 Å². The summed E-state index contributed by atoms with van der Waals surface area (Å²) >= 11 is 0. The molecule has 0 N–H and O–H groups in total. The largest absolute Gasteiger partial charge is 0.472 e.